The van der Waals surface area contributed by atoms with E-state index in [1.807, 2.05) is 43.3 Å². The number of nitrogens with zero attached hydrogens (tertiary/aromatic N) is 2. The zero-order valence-electron chi connectivity index (χ0n) is 14.8. The van der Waals surface area contributed by atoms with Crippen molar-refractivity contribution in [3.05, 3.63) is 71.8 Å². The highest BCUT2D eigenvalue weighted by atomic mass is 16.5. The molecule has 0 saturated carbocycles. The molecule has 1 atom stereocenters. The molecular formula is C21H26N2O2. The molecule has 1 saturated heterocycles. The predicted molar refractivity (Wildman–Crippen MR) is 99.1 cm³/mol. The van der Waals surface area contributed by atoms with Gasteiger partial charge in [-0.25, -0.2) is 4.79 Å². The normalized spacial score (nSPS) is 17.2. The molecule has 0 spiro atoms. The summed E-state index contributed by atoms with van der Waals surface area (Å²) in [5.41, 5.74) is 2.35. The standard InChI is InChI=1S/C21H26N2O2/c1-2-25-21(24)20(19-11-7-4-8-12-19)23-15-13-22(14-16-23)17-18-9-5-3-6-10-18/h3-12,20H,2,13-17H2,1H3/t20-/m0/s1. The van der Waals surface area contributed by atoms with E-state index in [9.17, 15) is 4.79 Å². The van der Waals surface area contributed by atoms with Gasteiger partial charge in [-0.1, -0.05) is 60.7 Å². The first-order valence-corrected chi connectivity index (χ1v) is 9.00. The molecule has 0 aromatic heterocycles. The largest absolute Gasteiger partial charge is 0.465 e. The quantitative estimate of drug-likeness (QED) is 0.758. The van der Waals surface area contributed by atoms with E-state index in [2.05, 4.69) is 34.1 Å². The molecule has 2 aromatic rings. The minimum absolute atomic E-state index is 0.148. The van der Waals surface area contributed by atoms with Crippen molar-refractivity contribution in [1.29, 1.82) is 0 Å². The number of rotatable bonds is 6. The van der Waals surface area contributed by atoms with Crippen LogP contribution in [0.1, 0.15) is 24.1 Å². The van der Waals surface area contributed by atoms with Gasteiger partial charge in [-0.05, 0) is 18.1 Å². The van der Waals surface area contributed by atoms with Crippen molar-refractivity contribution < 1.29 is 9.53 Å². The molecule has 3 rings (SSSR count). The van der Waals surface area contributed by atoms with Gasteiger partial charge < -0.3 is 4.74 Å². The van der Waals surface area contributed by atoms with Crippen LogP contribution in [0.2, 0.25) is 0 Å². The lowest BCUT2D eigenvalue weighted by atomic mass is 10.0. The highest BCUT2D eigenvalue weighted by Gasteiger charge is 2.31. The lowest BCUT2D eigenvalue weighted by Gasteiger charge is -2.38. The Labute approximate surface area is 150 Å². The predicted octanol–water partition coefficient (Wildman–Crippen LogP) is 3.11. The van der Waals surface area contributed by atoms with Gasteiger partial charge in [0.2, 0.25) is 0 Å². The highest BCUT2D eigenvalue weighted by Crippen LogP contribution is 2.24. The van der Waals surface area contributed by atoms with Gasteiger partial charge in [0.15, 0.2) is 0 Å². The number of carbonyl (C=O) groups excluding carboxylic acids is 1. The fourth-order valence-electron chi connectivity index (χ4n) is 3.37. The summed E-state index contributed by atoms with van der Waals surface area (Å²) in [6.07, 6.45) is 0. The van der Waals surface area contributed by atoms with Crippen molar-refractivity contribution >= 4 is 5.97 Å². The molecule has 0 aliphatic carbocycles. The number of hydrogen-bond donors (Lipinski definition) is 0. The van der Waals surface area contributed by atoms with Gasteiger partial charge >= 0.3 is 5.97 Å². The smallest absolute Gasteiger partial charge is 0.328 e. The summed E-state index contributed by atoms with van der Waals surface area (Å²) in [7, 11) is 0. The second-order valence-electron chi connectivity index (χ2n) is 6.36. The number of hydrogen-bond acceptors (Lipinski definition) is 4. The maximum absolute atomic E-state index is 12.5. The van der Waals surface area contributed by atoms with Crippen LogP contribution < -0.4 is 0 Å². The fourth-order valence-corrected chi connectivity index (χ4v) is 3.37. The summed E-state index contributed by atoms with van der Waals surface area (Å²) in [6, 6.07) is 20.2. The number of esters is 1. The Morgan fingerprint density at radius 1 is 0.960 bits per heavy atom. The SMILES string of the molecule is CCOC(=O)[C@H](c1ccccc1)N1CCN(Cc2ccccc2)CC1. The van der Waals surface area contributed by atoms with E-state index >= 15 is 0 Å². The van der Waals surface area contributed by atoms with Crippen molar-refractivity contribution in [2.45, 2.75) is 19.5 Å². The average molecular weight is 338 g/mol. The number of ether oxygens (including phenoxy) is 1. The number of carbonyl (C=O) groups is 1. The van der Waals surface area contributed by atoms with Crippen molar-refractivity contribution in [3.8, 4) is 0 Å². The Hall–Kier alpha value is -2.17. The highest BCUT2D eigenvalue weighted by molar-refractivity contribution is 5.77. The lowest BCUT2D eigenvalue weighted by molar-refractivity contribution is -0.150. The molecule has 2 aromatic carbocycles. The third kappa shape index (κ3) is 4.68. The molecule has 1 aliphatic rings. The summed E-state index contributed by atoms with van der Waals surface area (Å²) in [5, 5.41) is 0. The molecule has 0 bridgehead atoms. The van der Waals surface area contributed by atoms with Crippen molar-refractivity contribution in [1.82, 2.24) is 9.80 Å². The maximum Gasteiger partial charge on any atom is 0.328 e. The molecule has 4 heteroatoms. The van der Waals surface area contributed by atoms with E-state index < -0.39 is 0 Å². The molecule has 1 fully saturated rings. The van der Waals surface area contributed by atoms with E-state index in [0.717, 1.165) is 38.3 Å². The number of piperazine rings is 1. The minimum Gasteiger partial charge on any atom is -0.465 e. The second-order valence-corrected chi connectivity index (χ2v) is 6.36. The van der Waals surface area contributed by atoms with Crippen LogP contribution in [0.4, 0.5) is 0 Å². The Balaban J connectivity index is 1.64. The Morgan fingerprint density at radius 2 is 1.56 bits per heavy atom. The van der Waals surface area contributed by atoms with E-state index in [4.69, 9.17) is 4.74 Å². The third-order valence-electron chi connectivity index (χ3n) is 4.65. The van der Waals surface area contributed by atoms with Gasteiger partial charge in [0.25, 0.3) is 0 Å². The van der Waals surface area contributed by atoms with Crippen LogP contribution in [0.5, 0.6) is 0 Å². The van der Waals surface area contributed by atoms with Crippen LogP contribution in [-0.2, 0) is 16.1 Å². The van der Waals surface area contributed by atoms with Crippen LogP contribution in [-0.4, -0.2) is 48.6 Å². The van der Waals surface area contributed by atoms with Crippen molar-refractivity contribution in [2.75, 3.05) is 32.8 Å². The summed E-state index contributed by atoms with van der Waals surface area (Å²) < 4.78 is 5.34. The number of benzene rings is 2. The Morgan fingerprint density at radius 3 is 2.16 bits per heavy atom. The molecule has 0 unspecified atom stereocenters. The molecule has 4 nitrogen and oxygen atoms in total. The summed E-state index contributed by atoms with van der Waals surface area (Å²) >= 11 is 0. The van der Waals surface area contributed by atoms with E-state index in [-0.39, 0.29) is 12.0 Å². The maximum atomic E-state index is 12.5. The molecule has 1 heterocycles. The molecular weight excluding hydrogens is 312 g/mol. The van der Waals surface area contributed by atoms with Gasteiger partial charge in [0, 0.05) is 32.7 Å². The molecule has 1 aliphatic heterocycles. The Bertz CT molecular complexity index is 652. The van der Waals surface area contributed by atoms with Gasteiger partial charge in [-0.15, -0.1) is 0 Å². The van der Waals surface area contributed by atoms with Gasteiger partial charge in [-0.3, -0.25) is 9.80 Å². The first-order chi connectivity index (χ1) is 12.3. The zero-order chi connectivity index (χ0) is 17.5. The van der Waals surface area contributed by atoms with Crippen LogP contribution in [0.15, 0.2) is 60.7 Å². The topological polar surface area (TPSA) is 32.8 Å². The van der Waals surface area contributed by atoms with Crippen molar-refractivity contribution in [3.63, 3.8) is 0 Å². The minimum atomic E-state index is -0.306. The molecule has 132 valence electrons. The first-order valence-electron chi connectivity index (χ1n) is 9.00. The second kappa shape index (κ2) is 8.79. The molecule has 25 heavy (non-hydrogen) atoms. The molecule has 0 N–H and O–H groups in total. The van der Waals surface area contributed by atoms with Crippen molar-refractivity contribution in [2.24, 2.45) is 0 Å². The molecule has 0 amide bonds. The van der Waals surface area contributed by atoms with Gasteiger partial charge in [0.05, 0.1) is 6.61 Å². The van der Waals surface area contributed by atoms with E-state index in [1.54, 1.807) is 0 Å². The summed E-state index contributed by atoms with van der Waals surface area (Å²) in [6.45, 7) is 6.88. The summed E-state index contributed by atoms with van der Waals surface area (Å²) in [4.78, 5) is 17.2. The van der Waals surface area contributed by atoms with E-state index in [0.29, 0.717) is 6.61 Å². The van der Waals surface area contributed by atoms with Crippen LogP contribution in [0.25, 0.3) is 0 Å². The van der Waals surface area contributed by atoms with Crippen LogP contribution in [0.3, 0.4) is 0 Å². The monoisotopic (exact) mass is 338 g/mol. The Kier molecular flexibility index (Phi) is 6.20. The summed E-state index contributed by atoms with van der Waals surface area (Å²) in [5.74, 6) is -0.148. The molecule has 0 radical (unpaired) electrons. The third-order valence-corrected chi connectivity index (χ3v) is 4.65. The van der Waals surface area contributed by atoms with Crippen LogP contribution in [0, 0.1) is 0 Å². The zero-order valence-corrected chi connectivity index (χ0v) is 14.8. The average Bonchev–Trinajstić information content (AvgIpc) is 2.65. The van der Waals surface area contributed by atoms with Crippen LogP contribution >= 0.6 is 0 Å². The van der Waals surface area contributed by atoms with E-state index in [1.165, 1.54) is 5.56 Å². The fraction of sp³-hybridized carbons (Fsp3) is 0.381. The van der Waals surface area contributed by atoms with Gasteiger partial charge in [0.1, 0.15) is 6.04 Å². The lowest BCUT2D eigenvalue weighted by Crippen LogP contribution is -2.49. The van der Waals surface area contributed by atoms with Gasteiger partial charge in [-0.2, -0.15) is 0 Å². The first kappa shape index (κ1) is 17.6.